The molecule has 7 heteroatoms. The summed E-state index contributed by atoms with van der Waals surface area (Å²) < 4.78 is 12.8. The molecule has 0 aliphatic rings. The SMILES string of the molecule is CCn1cc(NC(=O)c2noc(C)c2COc2cccc(C)c2)c(C)n1. The molecule has 1 amide bonds. The molecule has 0 bridgehead atoms. The van der Waals surface area contributed by atoms with Gasteiger partial charge in [-0.1, -0.05) is 17.3 Å². The van der Waals surface area contributed by atoms with E-state index >= 15 is 0 Å². The van der Waals surface area contributed by atoms with E-state index in [4.69, 9.17) is 9.26 Å². The fraction of sp³-hybridized carbons (Fsp3) is 0.316. The van der Waals surface area contributed by atoms with Gasteiger partial charge in [0, 0.05) is 12.7 Å². The maximum Gasteiger partial charge on any atom is 0.278 e. The number of hydrogen-bond acceptors (Lipinski definition) is 5. The first-order valence-corrected chi connectivity index (χ1v) is 8.48. The Morgan fingerprint density at radius 1 is 1.31 bits per heavy atom. The molecule has 2 aromatic heterocycles. The summed E-state index contributed by atoms with van der Waals surface area (Å²) in [6.07, 6.45) is 1.79. The fourth-order valence-corrected chi connectivity index (χ4v) is 2.58. The van der Waals surface area contributed by atoms with Crippen molar-refractivity contribution in [1.82, 2.24) is 14.9 Å². The molecule has 1 N–H and O–H groups in total. The number of hydrogen-bond donors (Lipinski definition) is 1. The number of benzene rings is 1. The Morgan fingerprint density at radius 3 is 2.81 bits per heavy atom. The van der Waals surface area contributed by atoms with Gasteiger partial charge >= 0.3 is 0 Å². The van der Waals surface area contributed by atoms with Crippen molar-refractivity contribution in [3.8, 4) is 5.75 Å². The molecule has 3 rings (SSSR count). The van der Waals surface area contributed by atoms with Crippen molar-refractivity contribution in [2.45, 2.75) is 40.8 Å². The lowest BCUT2D eigenvalue weighted by atomic mass is 10.2. The molecule has 0 saturated carbocycles. The topological polar surface area (TPSA) is 82.2 Å². The quantitative estimate of drug-likeness (QED) is 0.731. The number of nitrogens with zero attached hydrogens (tertiary/aromatic N) is 3. The Labute approximate surface area is 151 Å². The third kappa shape index (κ3) is 3.77. The third-order valence-electron chi connectivity index (χ3n) is 4.09. The molecule has 3 aromatic rings. The summed E-state index contributed by atoms with van der Waals surface area (Å²) in [4.78, 5) is 12.6. The first kappa shape index (κ1) is 17.7. The van der Waals surface area contributed by atoms with Gasteiger partial charge in [0.2, 0.25) is 0 Å². The molecule has 136 valence electrons. The predicted octanol–water partition coefficient (Wildman–Crippen LogP) is 3.65. The summed E-state index contributed by atoms with van der Waals surface area (Å²) in [6, 6.07) is 7.73. The zero-order valence-electron chi connectivity index (χ0n) is 15.4. The first-order chi connectivity index (χ1) is 12.5. The minimum Gasteiger partial charge on any atom is -0.489 e. The molecule has 0 saturated heterocycles. The van der Waals surface area contributed by atoms with Gasteiger partial charge in [0.05, 0.1) is 16.9 Å². The molecule has 0 spiro atoms. The predicted molar refractivity (Wildman–Crippen MR) is 97.3 cm³/mol. The van der Waals surface area contributed by atoms with Crippen molar-refractivity contribution in [1.29, 1.82) is 0 Å². The molecule has 0 aliphatic carbocycles. The van der Waals surface area contributed by atoms with Crippen LogP contribution in [0.25, 0.3) is 0 Å². The number of carbonyl (C=O) groups is 1. The maximum absolute atomic E-state index is 12.6. The van der Waals surface area contributed by atoms with Crippen LogP contribution in [0.3, 0.4) is 0 Å². The van der Waals surface area contributed by atoms with E-state index in [1.54, 1.807) is 17.8 Å². The highest BCUT2D eigenvalue weighted by Crippen LogP contribution is 2.20. The van der Waals surface area contributed by atoms with Gasteiger partial charge in [-0.15, -0.1) is 0 Å². The van der Waals surface area contributed by atoms with E-state index in [2.05, 4.69) is 15.6 Å². The van der Waals surface area contributed by atoms with Crippen LogP contribution >= 0.6 is 0 Å². The van der Waals surface area contributed by atoms with E-state index in [1.165, 1.54) is 0 Å². The second-order valence-electron chi connectivity index (χ2n) is 6.11. The number of nitrogens with one attached hydrogen (secondary N) is 1. The molecule has 7 nitrogen and oxygen atoms in total. The monoisotopic (exact) mass is 354 g/mol. The number of ether oxygens (including phenoxy) is 1. The summed E-state index contributed by atoms with van der Waals surface area (Å²) in [5.74, 6) is 0.948. The smallest absolute Gasteiger partial charge is 0.278 e. The second kappa shape index (κ2) is 7.43. The highest BCUT2D eigenvalue weighted by molar-refractivity contribution is 6.04. The van der Waals surface area contributed by atoms with Crippen LogP contribution in [0.4, 0.5) is 5.69 Å². The van der Waals surface area contributed by atoms with Crippen LogP contribution in [0.15, 0.2) is 35.0 Å². The van der Waals surface area contributed by atoms with Gasteiger partial charge < -0.3 is 14.6 Å². The largest absolute Gasteiger partial charge is 0.489 e. The number of anilines is 1. The number of amides is 1. The van der Waals surface area contributed by atoms with Crippen LogP contribution in [-0.2, 0) is 13.2 Å². The number of aryl methyl sites for hydroxylation is 4. The average Bonchev–Trinajstić information content (AvgIpc) is 3.16. The minimum atomic E-state index is -0.344. The minimum absolute atomic E-state index is 0.203. The number of aromatic nitrogens is 3. The lowest BCUT2D eigenvalue weighted by Gasteiger charge is -2.07. The summed E-state index contributed by atoms with van der Waals surface area (Å²) in [5, 5.41) is 11.1. The van der Waals surface area contributed by atoms with Crippen molar-refractivity contribution in [3.05, 3.63) is 58.7 Å². The Morgan fingerprint density at radius 2 is 2.12 bits per heavy atom. The molecule has 0 atom stereocenters. The van der Waals surface area contributed by atoms with Crippen LogP contribution < -0.4 is 10.1 Å². The van der Waals surface area contributed by atoms with Crippen molar-refractivity contribution < 1.29 is 14.1 Å². The van der Waals surface area contributed by atoms with E-state index in [1.807, 2.05) is 45.0 Å². The molecule has 1 aromatic carbocycles. The molecule has 26 heavy (non-hydrogen) atoms. The van der Waals surface area contributed by atoms with Crippen LogP contribution in [0.1, 0.15) is 40.0 Å². The molecular weight excluding hydrogens is 332 g/mol. The van der Waals surface area contributed by atoms with Gasteiger partial charge in [-0.2, -0.15) is 5.10 Å². The molecule has 0 fully saturated rings. The fourth-order valence-electron chi connectivity index (χ4n) is 2.58. The number of carbonyl (C=O) groups excluding carboxylic acids is 1. The van der Waals surface area contributed by atoms with Crippen molar-refractivity contribution >= 4 is 11.6 Å². The molecule has 0 radical (unpaired) electrons. The van der Waals surface area contributed by atoms with Crippen LogP contribution in [-0.4, -0.2) is 20.8 Å². The summed E-state index contributed by atoms with van der Waals surface area (Å²) >= 11 is 0. The van der Waals surface area contributed by atoms with Gasteiger partial charge in [0.1, 0.15) is 18.1 Å². The summed E-state index contributed by atoms with van der Waals surface area (Å²) in [6.45, 7) is 8.52. The zero-order valence-corrected chi connectivity index (χ0v) is 15.4. The third-order valence-corrected chi connectivity index (χ3v) is 4.09. The van der Waals surface area contributed by atoms with Crippen LogP contribution in [0, 0.1) is 20.8 Å². The summed E-state index contributed by atoms with van der Waals surface area (Å²) in [7, 11) is 0. The Hall–Kier alpha value is -3.09. The molecular formula is C19H22N4O3. The molecule has 0 unspecified atom stereocenters. The van der Waals surface area contributed by atoms with Crippen LogP contribution in [0.2, 0.25) is 0 Å². The summed E-state index contributed by atoms with van der Waals surface area (Å²) in [5.41, 5.74) is 3.36. The zero-order chi connectivity index (χ0) is 18.7. The molecule has 0 aliphatic heterocycles. The Balaban J connectivity index is 1.76. The van der Waals surface area contributed by atoms with E-state index < -0.39 is 0 Å². The highest BCUT2D eigenvalue weighted by Gasteiger charge is 2.21. The number of rotatable bonds is 6. The Bertz CT molecular complexity index is 927. The molecule has 2 heterocycles. The normalized spacial score (nSPS) is 10.8. The Kier molecular flexibility index (Phi) is 5.06. The van der Waals surface area contributed by atoms with Gasteiger partial charge in [-0.3, -0.25) is 9.48 Å². The second-order valence-corrected chi connectivity index (χ2v) is 6.11. The van der Waals surface area contributed by atoms with Crippen molar-refractivity contribution in [3.63, 3.8) is 0 Å². The van der Waals surface area contributed by atoms with Crippen molar-refractivity contribution in [2.75, 3.05) is 5.32 Å². The lowest BCUT2D eigenvalue weighted by molar-refractivity contribution is 0.101. The van der Waals surface area contributed by atoms with Crippen molar-refractivity contribution in [2.24, 2.45) is 0 Å². The van der Waals surface area contributed by atoms with Gasteiger partial charge in [0.25, 0.3) is 5.91 Å². The van der Waals surface area contributed by atoms with Crippen LogP contribution in [0.5, 0.6) is 5.75 Å². The van der Waals surface area contributed by atoms with Gasteiger partial charge in [-0.05, 0) is 45.4 Å². The van der Waals surface area contributed by atoms with Gasteiger partial charge in [0.15, 0.2) is 5.69 Å². The lowest BCUT2D eigenvalue weighted by Crippen LogP contribution is -2.15. The van der Waals surface area contributed by atoms with E-state index in [0.717, 1.165) is 23.6 Å². The van der Waals surface area contributed by atoms with Gasteiger partial charge in [-0.25, -0.2) is 0 Å². The maximum atomic E-state index is 12.6. The van der Waals surface area contributed by atoms with E-state index in [-0.39, 0.29) is 18.2 Å². The first-order valence-electron chi connectivity index (χ1n) is 8.48. The van der Waals surface area contributed by atoms with E-state index in [0.29, 0.717) is 17.0 Å². The standard InChI is InChI=1S/C19H22N4O3/c1-5-23-10-17(13(3)21-23)20-19(24)18-16(14(4)26-22-18)11-25-15-8-6-7-12(2)9-15/h6-10H,5,11H2,1-4H3,(H,20,24). The highest BCUT2D eigenvalue weighted by atomic mass is 16.5. The van der Waals surface area contributed by atoms with E-state index in [9.17, 15) is 4.79 Å². The average molecular weight is 354 g/mol.